The van der Waals surface area contributed by atoms with Crippen molar-refractivity contribution in [3.63, 3.8) is 0 Å². The standard InChI is InChI=1S/C26H39N7O3S/c1-10-21(17(3)4)13-24(33(8)37(9,34)35)19(6)30-23-14-25(27-15-22(23)16-28-36-11-2)32-26-12-18(5)29-20(7)31-26/h10,12-15,17,28H,6,11,16H2,1-5,7-9H3,(H2,27,29,30,31,32)/b21-10+,24-13+. The van der Waals surface area contributed by atoms with Crippen LogP contribution in [0.3, 0.4) is 0 Å². The van der Waals surface area contributed by atoms with Crippen molar-refractivity contribution in [2.24, 2.45) is 5.92 Å². The highest BCUT2D eigenvalue weighted by molar-refractivity contribution is 7.88. The molecule has 2 aromatic rings. The molecule has 0 saturated carbocycles. The van der Waals surface area contributed by atoms with Gasteiger partial charge in [0.1, 0.15) is 17.5 Å². The average molecular weight is 530 g/mol. The molecule has 202 valence electrons. The van der Waals surface area contributed by atoms with Gasteiger partial charge < -0.3 is 15.5 Å². The maximum absolute atomic E-state index is 12.5. The molecule has 0 bridgehead atoms. The minimum atomic E-state index is -3.54. The van der Waals surface area contributed by atoms with Gasteiger partial charge in [0.2, 0.25) is 10.0 Å². The lowest BCUT2D eigenvalue weighted by Crippen LogP contribution is -2.28. The fourth-order valence-electron chi connectivity index (χ4n) is 3.47. The first-order chi connectivity index (χ1) is 17.3. The summed E-state index contributed by atoms with van der Waals surface area (Å²) < 4.78 is 26.1. The SMILES string of the molecule is C=C(Nc1cc(Nc2cc(C)nc(C)n2)ncc1CNOCC)/C(=C\C(=C/C)C(C)C)N(C)S(C)(=O)=O. The van der Waals surface area contributed by atoms with Gasteiger partial charge in [-0.05, 0) is 45.3 Å². The predicted octanol–water partition coefficient (Wildman–Crippen LogP) is 4.58. The molecule has 2 heterocycles. The molecule has 2 aromatic heterocycles. The zero-order valence-electron chi connectivity index (χ0n) is 23.0. The third-order valence-electron chi connectivity index (χ3n) is 5.45. The quantitative estimate of drug-likeness (QED) is 0.194. The van der Waals surface area contributed by atoms with Crippen molar-refractivity contribution in [3.05, 3.63) is 71.1 Å². The lowest BCUT2D eigenvalue weighted by atomic mass is 10.0. The number of hydrogen-bond acceptors (Lipinski definition) is 9. The topological polar surface area (TPSA) is 121 Å². The van der Waals surface area contributed by atoms with Gasteiger partial charge in [0.05, 0.1) is 24.3 Å². The maximum atomic E-state index is 12.5. The number of aryl methyl sites for hydroxylation is 2. The van der Waals surface area contributed by atoms with Crippen LogP contribution in [0.2, 0.25) is 0 Å². The van der Waals surface area contributed by atoms with Gasteiger partial charge in [0, 0.05) is 48.9 Å². The summed E-state index contributed by atoms with van der Waals surface area (Å²) in [6.45, 7) is 16.7. The highest BCUT2D eigenvalue weighted by Gasteiger charge is 2.20. The van der Waals surface area contributed by atoms with Crippen molar-refractivity contribution in [1.82, 2.24) is 24.7 Å². The van der Waals surface area contributed by atoms with Crippen LogP contribution in [0.5, 0.6) is 0 Å². The summed E-state index contributed by atoms with van der Waals surface area (Å²) in [6, 6.07) is 3.65. The summed E-state index contributed by atoms with van der Waals surface area (Å²) in [7, 11) is -2.03. The number of likely N-dealkylation sites (N-methyl/N-ethyl adjacent to an activating group) is 1. The number of aromatic nitrogens is 3. The van der Waals surface area contributed by atoms with Crippen molar-refractivity contribution in [3.8, 4) is 0 Å². The Labute approximate surface area is 221 Å². The molecule has 0 saturated heterocycles. The first-order valence-electron chi connectivity index (χ1n) is 12.1. The Hall–Kier alpha value is -3.28. The lowest BCUT2D eigenvalue weighted by Gasteiger charge is -2.25. The maximum Gasteiger partial charge on any atom is 0.232 e. The van der Waals surface area contributed by atoms with Crippen molar-refractivity contribution >= 4 is 27.3 Å². The first kappa shape index (κ1) is 29.9. The van der Waals surface area contributed by atoms with Crippen LogP contribution in [-0.4, -0.2) is 47.6 Å². The number of hydrogen-bond donors (Lipinski definition) is 3. The van der Waals surface area contributed by atoms with Gasteiger partial charge in [0.25, 0.3) is 0 Å². The Kier molecular flexibility index (Phi) is 10.8. The van der Waals surface area contributed by atoms with Gasteiger partial charge in [-0.15, -0.1) is 0 Å². The summed E-state index contributed by atoms with van der Waals surface area (Å²) in [6.07, 6.45) is 6.67. The Balaban J connectivity index is 2.50. The van der Waals surface area contributed by atoms with Crippen molar-refractivity contribution in [2.75, 3.05) is 30.5 Å². The zero-order valence-corrected chi connectivity index (χ0v) is 23.8. The Morgan fingerprint density at radius 2 is 1.92 bits per heavy atom. The van der Waals surface area contributed by atoms with E-state index in [2.05, 4.69) is 51.5 Å². The minimum absolute atomic E-state index is 0.197. The highest BCUT2D eigenvalue weighted by atomic mass is 32.2. The van der Waals surface area contributed by atoms with Crippen molar-refractivity contribution < 1.29 is 13.3 Å². The fourth-order valence-corrected chi connectivity index (χ4v) is 3.99. The predicted molar refractivity (Wildman–Crippen MR) is 150 cm³/mol. The van der Waals surface area contributed by atoms with E-state index in [1.807, 2.05) is 52.0 Å². The number of allylic oxidation sites excluding steroid dienone is 3. The zero-order chi connectivity index (χ0) is 27.8. The molecule has 0 atom stereocenters. The number of nitrogens with one attached hydrogen (secondary N) is 3. The van der Waals surface area contributed by atoms with Crippen LogP contribution >= 0.6 is 0 Å². The summed E-state index contributed by atoms with van der Waals surface area (Å²) in [5.41, 5.74) is 7.04. The van der Waals surface area contributed by atoms with E-state index in [1.165, 1.54) is 11.4 Å². The van der Waals surface area contributed by atoms with Crippen LogP contribution < -0.4 is 16.1 Å². The van der Waals surface area contributed by atoms with E-state index in [0.29, 0.717) is 47.7 Å². The third-order valence-corrected chi connectivity index (χ3v) is 6.64. The molecule has 3 N–H and O–H groups in total. The van der Waals surface area contributed by atoms with E-state index < -0.39 is 10.0 Å². The molecule has 0 aliphatic heterocycles. The molecule has 0 unspecified atom stereocenters. The molecular weight excluding hydrogens is 490 g/mol. The molecule has 0 amide bonds. The molecule has 0 aliphatic carbocycles. The highest BCUT2D eigenvalue weighted by Crippen LogP contribution is 2.27. The molecular formula is C26H39N7O3S. The van der Waals surface area contributed by atoms with E-state index in [-0.39, 0.29) is 5.92 Å². The number of pyridine rings is 1. The van der Waals surface area contributed by atoms with Crippen LogP contribution in [0, 0.1) is 19.8 Å². The lowest BCUT2D eigenvalue weighted by molar-refractivity contribution is 0.0464. The second-order valence-electron chi connectivity index (χ2n) is 8.85. The molecule has 0 aliphatic rings. The number of nitrogens with zero attached hydrogens (tertiary/aromatic N) is 4. The van der Waals surface area contributed by atoms with E-state index >= 15 is 0 Å². The van der Waals surface area contributed by atoms with Crippen LogP contribution in [-0.2, 0) is 21.4 Å². The summed E-state index contributed by atoms with van der Waals surface area (Å²) in [5.74, 6) is 2.01. The molecule has 37 heavy (non-hydrogen) atoms. The Bertz CT molecular complexity index is 1250. The van der Waals surface area contributed by atoms with E-state index in [4.69, 9.17) is 4.84 Å². The third kappa shape index (κ3) is 8.96. The minimum Gasteiger partial charge on any atom is -0.354 e. The monoisotopic (exact) mass is 529 g/mol. The second-order valence-corrected chi connectivity index (χ2v) is 10.9. The van der Waals surface area contributed by atoms with Crippen molar-refractivity contribution in [1.29, 1.82) is 0 Å². The first-order valence-corrected chi connectivity index (χ1v) is 13.9. The van der Waals surface area contributed by atoms with Gasteiger partial charge in [0.15, 0.2) is 0 Å². The molecule has 2 rings (SSSR count). The van der Waals surface area contributed by atoms with Crippen LogP contribution in [0.25, 0.3) is 0 Å². The van der Waals surface area contributed by atoms with Gasteiger partial charge >= 0.3 is 0 Å². The molecule has 0 radical (unpaired) electrons. The fraction of sp³-hybridized carbons (Fsp3) is 0.423. The summed E-state index contributed by atoms with van der Waals surface area (Å²) in [5, 5.41) is 6.52. The largest absolute Gasteiger partial charge is 0.354 e. The van der Waals surface area contributed by atoms with Gasteiger partial charge in [-0.25, -0.2) is 23.4 Å². The van der Waals surface area contributed by atoms with Crippen molar-refractivity contribution in [2.45, 2.75) is 48.1 Å². The normalized spacial score (nSPS) is 12.6. The summed E-state index contributed by atoms with van der Waals surface area (Å²) in [4.78, 5) is 18.5. The molecule has 11 heteroatoms. The number of rotatable bonds is 13. The number of sulfonamides is 1. The number of hydroxylamine groups is 1. The van der Waals surface area contributed by atoms with Gasteiger partial charge in [-0.1, -0.05) is 26.5 Å². The molecule has 0 spiro atoms. The van der Waals surface area contributed by atoms with E-state index in [9.17, 15) is 8.42 Å². The second kappa shape index (κ2) is 13.3. The van der Waals surface area contributed by atoms with E-state index in [0.717, 1.165) is 23.1 Å². The van der Waals surface area contributed by atoms with E-state index in [1.54, 1.807) is 6.20 Å². The molecule has 0 fully saturated rings. The van der Waals surface area contributed by atoms with Gasteiger partial charge in [-0.2, -0.15) is 5.48 Å². The summed E-state index contributed by atoms with van der Waals surface area (Å²) >= 11 is 0. The average Bonchev–Trinajstić information content (AvgIpc) is 2.79. The van der Waals surface area contributed by atoms with Crippen LogP contribution in [0.4, 0.5) is 17.3 Å². The smallest absolute Gasteiger partial charge is 0.232 e. The molecule has 10 nitrogen and oxygen atoms in total. The van der Waals surface area contributed by atoms with Crippen LogP contribution in [0.1, 0.15) is 44.8 Å². The Morgan fingerprint density at radius 3 is 2.49 bits per heavy atom. The number of anilines is 3. The van der Waals surface area contributed by atoms with Gasteiger partial charge in [-0.3, -0.25) is 4.31 Å². The van der Waals surface area contributed by atoms with Crippen LogP contribution in [0.15, 0.2) is 54.0 Å². The molecule has 0 aromatic carbocycles. The Morgan fingerprint density at radius 1 is 1.22 bits per heavy atom.